The van der Waals surface area contributed by atoms with Gasteiger partial charge in [0, 0.05) is 31.0 Å². The molecule has 2 heterocycles. The van der Waals surface area contributed by atoms with Crippen molar-refractivity contribution in [3.8, 4) is 29.0 Å². The first-order valence-corrected chi connectivity index (χ1v) is 11.8. The Labute approximate surface area is 205 Å². The summed E-state index contributed by atoms with van der Waals surface area (Å²) < 4.78 is 5.92. The molecular weight excluding hydrogens is 438 g/mol. The van der Waals surface area contributed by atoms with Crippen LogP contribution in [0.2, 0.25) is 0 Å². The molecule has 7 heteroatoms. The number of likely N-dealkylation sites (tertiary alicyclic amines) is 1. The van der Waals surface area contributed by atoms with Crippen LogP contribution in [-0.4, -0.2) is 40.5 Å². The van der Waals surface area contributed by atoms with Crippen LogP contribution in [0.3, 0.4) is 0 Å². The Bertz CT molecular complexity index is 1250. The lowest BCUT2D eigenvalue weighted by atomic mass is 9.91. The molecule has 35 heavy (non-hydrogen) atoms. The molecule has 1 amide bonds. The standard InChI is InChI=1S/C28H27N5O2/c1-20-17-32-25(18-31-20)8-4-21-10-12-33(13-11-21)28(34)19-35-27-9-5-23(16-30)14-26(27)24-6-2-22(15-29)3-7-24/h2-3,5-7,9,14,17-18,21H,4,8,10-13,19H2,1H3. The van der Waals surface area contributed by atoms with E-state index in [2.05, 4.69) is 22.1 Å². The number of rotatable bonds is 7. The maximum Gasteiger partial charge on any atom is 0.260 e. The predicted octanol–water partition coefficient (Wildman–Crippen LogP) is 4.45. The van der Waals surface area contributed by atoms with Gasteiger partial charge in [0.1, 0.15) is 5.75 Å². The van der Waals surface area contributed by atoms with Crippen LogP contribution < -0.4 is 4.74 Å². The highest BCUT2D eigenvalue weighted by atomic mass is 16.5. The summed E-state index contributed by atoms with van der Waals surface area (Å²) in [7, 11) is 0. The number of carbonyl (C=O) groups excluding carboxylic acids is 1. The molecule has 0 saturated carbocycles. The van der Waals surface area contributed by atoms with Crippen LogP contribution in [0, 0.1) is 35.5 Å². The third kappa shape index (κ3) is 6.22. The van der Waals surface area contributed by atoms with Crippen molar-refractivity contribution in [1.82, 2.24) is 14.9 Å². The molecule has 176 valence electrons. The van der Waals surface area contributed by atoms with E-state index in [1.165, 1.54) is 0 Å². The van der Waals surface area contributed by atoms with E-state index in [4.69, 9.17) is 10.00 Å². The van der Waals surface area contributed by atoms with Gasteiger partial charge in [-0.2, -0.15) is 10.5 Å². The van der Waals surface area contributed by atoms with Gasteiger partial charge in [-0.3, -0.25) is 14.8 Å². The zero-order chi connectivity index (χ0) is 24.6. The largest absolute Gasteiger partial charge is 0.483 e. The molecule has 1 aliphatic heterocycles. The molecule has 0 atom stereocenters. The Kier molecular flexibility index (Phi) is 7.70. The number of benzene rings is 2. The number of aryl methyl sites for hydroxylation is 2. The molecule has 0 bridgehead atoms. The van der Waals surface area contributed by atoms with Gasteiger partial charge in [-0.15, -0.1) is 0 Å². The summed E-state index contributed by atoms with van der Waals surface area (Å²) in [5.41, 5.74) is 4.54. The van der Waals surface area contributed by atoms with Gasteiger partial charge >= 0.3 is 0 Å². The van der Waals surface area contributed by atoms with Gasteiger partial charge in [0.2, 0.25) is 0 Å². The average Bonchev–Trinajstić information content (AvgIpc) is 2.91. The Hall–Kier alpha value is -4.23. The van der Waals surface area contributed by atoms with Crippen molar-refractivity contribution >= 4 is 5.91 Å². The lowest BCUT2D eigenvalue weighted by Crippen LogP contribution is -2.41. The van der Waals surface area contributed by atoms with Crippen molar-refractivity contribution in [3.63, 3.8) is 0 Å². The van der Waals surface area contributed by atoms with Gasteiger partial charge in [0.15, 0.2) is 6.61 Å². The quantitative estimate of drug-likeness (QED) is 0.511. The minimum absolute atomic E-state index is 0.0389. The van der Waals surface area contributed by atoms with Crippen molar-refractivity contribution in [1.29, 1.82) is 10.5 Å². The first-order valence-electron chi connectivity index (χ1n) is 11.8. The molecule has 0 aliphatic carbocycles. The summed E-state index contributed by atoms with van der Waals surface area (Å²) in [6.07, 6.45) is 7.55. The number of piperidine rings is 1. The zero-order valence-corrected chi connectivity index (χ0v) is 19.8. The molecule has 7 nitrogen and oxygen atoms in total. The normalized spacial score (nSPS) is 13.6. The van der Waals surface area contributed by atoms with Crippen molar-refractivity contribution in [2.75, 3.05) is 19.7 Å². The van der Waals surface area contributed by atoms with Crippen LogP contribution in [0.25, 0.3) is 11.1 Å². The second kappa shape index (κ2) is 11.3. The average molecular weight is 466 g/mol. The number of nitrogens with zero attached hydrogens (tertiary/aromatic N) is 5. The van der Waals surface area contributed by atoms with Crippen molar-refractivity contribution in [2.24, 2.45) is 5.92 Å². The summed E-state index contributed by atoms with van der Waals surface area (Å²) in [6.45, 7) is 3.33. The molecule has 1 aliphatic rings. The molecule has 0 N–H and O–H groups in total. The lowest BCUT2D eigenvalue weighted by molar-refractivity contribution is -0.134. The highest BCUT2D eigenvalue weighted by Crippen LogP contribution is 2.31. The van der Waals surface area contributed by atoms with Gasteiger partial charge in [0.05, 0.1) is 34.7 Å². The number of ether oxygens (including phenoxy) is 1. The maximum atomic E-state index is 12.8. The molecule has 0 unspecified atom stereocenters. The third-order valence-electron chi connectivity index (χ3n) is 6.40. The lowest BCUT2D eigenvalue weighted by Gasteiger charge is -2.32. The number of nitriles is 2. The van der Waals surface area contributed by atoms with Gasteiger partial charge < -0.3 is 9.64 Å². The third-order valence-corrected chi connectivity index (χ3v) is 6.40. The topological polar surface area (TPSA) is 103 Å². The van der Waals surface area contributed by atoms with Crippen LogP contribution in [0.1, 0.15) is 41.8 Å². The Morgan fingerprint density at radius 1 is 1.03 bits per heavy atom. The predicted molar refractivity (Wildman–Crippen MR) is 131 cm³/mol. The fourth-order valence-corrected chi connectivity index (χ4v) is 4.28. The fourth-order valence-electron chi connectivity index (χ4n) is 4.28. The zero-order valence-electron chi connectivity index (χ0n) is 19.8. The van der Waals surface area contributed by atoms with E-state index >= 15 is 0 Å². The summed E-state index contributed by atoms with van der Waals surface area (Å²) in [4.78, 5) is 23.4. The van der Waals surface area contributed by atoms with Crippen molar-refractivity contribution < 1.29 is 9.53 Å². The van der Waals surface area contributed by atoms with Crippen LogP contribution in [0.4, 0.5) is 0 Å². The van der Waals surface area contributed by atoms with Crippen molar-refractivity contribution in [3.05, 3.63) is 77.4 Å². The first kappa shape index (κ1) is 23.9. The smallest absolute Gasteiger partial charge is 0.260 e. The molecule has 1 fully saturated rings. The molecule has 1 aromatic heterocycles. The molecule has 4 rings (SSSR count). The Balaban J connectivity index is 1.32. The minimum Gasteiger partial charge on any atom is -0.483 e. The Morgan fingerprint density at radius 3 is 2.40 bits per heavy atom. The monoisotopic (exact) mass is 465 g/mol. The van der Waals surface area contributed by atoms with Crippen LogP contribution in [0.5, 0.6) is 5.75 Å². The molecule has 1 saturated heterocycles. The van der Waals surface area contributed by atoms with Crippen LogP contribution >= 0.6 is 0 Å². The number of carbonyl (C=O) groups is 1. The SMILES string of the molecule is Cc1cnc(CCC2CCN(C(=O)COc3ccc(C#N)cc3-c3ccc(C#N)cc3)CC2)cn1. The number of amides is 1. The first-order chi connectivity index (χ1) is 17.1. The second-order valence-electron chi connectivity index (χ2n) is 8.81. The minimum atomic E-state index is -0.0567. The van der Waals surface area contributed by atoms with E-state index < -0.39 is 0 Å². The van der Waals surface area contributed by atoms with Gasteiger partial charge in [0.25, 0.3) is 5.91 Å². The van der Waals surface area contributed by atoms with E-state index in [0.717, 1.165) is 61.3 Å². The van der Waals surface area contributed by atoms with Crippen LogP contribution in [0.15, 0.2) is 54.9 Å². The number of aromatic nitrogens is 2. The van der Waals surface area contributed by atoms with E-state index in [1.807, 2.05) is 30.2 Å². The van der Waals surface area contributed by atoms with Gasteiger partial charge in [-0.05, 0) is 74.4 Å². The molecule has 2 aromatic carbocycles. The second-order valence-corrected chi connectivity index (χ2v) is 8.81. The molecular formula is C28H27N5O2. The highest BCUT2D eigenvalue weighted by molar-refractivity contribution is 5.79. The van der Waals surface area contributed by atoms with E-state index in [-0.39, 0.29) is 12.5 Å². The molecule has 0 spiro atoms. The van der Waals surface area contributed by atoms with E-state index in [0.29, 0.717) is 22.8 Å². The summed E-state index contributed by atoms with van der Waals surface area (Å²) >= 11 is 0. The van der Waals surface area contributed by atoms with Gasteiger partial charge in [-0.1, -0.05) is 12.1 Å². The number of hydrogen-bond donors (Lipinski definition) is 0. The maximum absolute atomic E-state index is 12.8. The van der Waals surface area contributed by atoms with E-state index in [1.54, 1.807) is 36.5 Å². The number of hydrogen-bond acceptors (Lipinski definition) is 6. The summed E-state index contributed by atoms with van der Waals surface area (Å²) in [5.74, 6) is 1.07. The van der Waals surface area contributed by atoms with E-state index in [9.17, 15) is 10.1 Å². The molecule has 3 aromatic rings. The van der Waals surface area contributed by atoms with Gasteiger partial charge in [-0.25, -0.2) is 0 Å². The Morgan fingerprint density at radius 2 is 1.74 bits per heavy atom. The van der Waals surface area contributed by atoms with Crippen molar-refractivity contribution in [2.45, 2.75) is 32.6 Å². The molecule has 0 radical (unpaired) electrons. The fraction of sp³-hybridized carbons (Fsp3) is 0.321. The summed E-state index contributed by atoms with van der Waals surface area (Å²) in [6, 6.07) is 16.5. The summed E-state index contributed by atoms with van der Waals surface area (Å²) in [5, 5.41) is 18.4. The van der Waals surface area contributed by atoms with Crippen LogP contribution in [-0.2, 0) is 11.2 Å². The highest BCUT2D eigenvalue weighted by Gasteiger charge is 2.23.